The van der Waals surface area contributed by atoms with E-state index in [0.29, 0.717) is 11.8 Å². The summed E-state index contributed by atoms with van der Waals surface area (Å²) in [6.45, 7) is 2.11. The van der Waals surface area contributed by atoms with E-state index in [4.69, 9.17) is 0 Å². The maximum absolute atomic E-state index is 9.83. The molecule has 0 spiro atoms. The third-order valence-corrected chi connectivity index (χ3v) is 3.85. The molecule has 80 valence electrons. The van der Waals surface area contributed by atoms with Crippen molar-refractivity contribution < 1.29 is 5.11 Å². The van der Waals surface area contributed by atoms with Gasteiger partial charge in [0, 0.05) is 37.1 Å². The van der Waals surface area contributed by atoms with Gasteiger partial charge in [-0.25, -0.2) is 0 Å². The number of pyridine rings is 1. The number of aliphatic hydroxyl groups is 1. The van der Waals surface area contributed by atoms with Crippen molar-refractivity contribution in [1.29, 1.82) is 0 Å². The summed E-state index contributed by atoms with van der Waals surface area (Å²) < 4.78 is 0. The SMILES string of the molecule is OC1CCC2CN(c3ccncc3)CC12. The Morgan fingerprint density at radius 3 is 2.73 bits per heavy atom. The average molecular weight is 204 g/mol. The summed E-state index contributed by atoms with van der Waals surface area (Å²) in [6, 6.07) is 4.10. The number of nitrogens with zero attached hydrogens (tertiary/aromatic N) is 2. The lowest BCUT2D eigenvalue weighted by molar-refractivity contribution is 0.133. The van der Waals surface area contributed by atoms with Gasteiger partial charge in [0.2, 0.25) is 0 Å². The van der Waals surface area contributed by atoms with E-state index in [9.17, 15) is 5.11 Å². The molecule has 1 aromatic rings. The highest BCUT2D eigenvalue weighted by Crippen LogP contribution is 2.39. The molecule has 0 aromatic carbocycles. The van der Waals surface area contributed by atoms with Crippen molar-refractivity contribution in [2.75, 3.05) is 18.0 Å². The Morgan fingerprint density at radius 1 is 1.20 bits per heavy atom. The molecule has 2 heterocycles. The third-order valence-electron chi connectivity index (χ3n) is 3.85. The van der Waals surface area contributed by atoms with Crippen LogP contribution in [0, 0.1) is 11.8 Å². The zero-order valence-electron chi connectivity index (χ0n) is 8.71. The molecular weight excluding hydrogens is 188 g/mol. The fourth-order valence-electron chi connectivity index (χ4n) is 3.00. The summed E-state index contributed by atoms with van der Waals surface area (Å²) in [5.41, 5.74) is 1.24. The summed E-state index contributed by atoms with van der Waals surface area (Å²) in [5, 5.41) is 9.83. The van der Waals surface area contributed by atoms with Crippen LogP contribution in [0.3, 0.4) is 0 Å². The molecule has 1 saturated heterocycles. The van der Waals surface area contributed by atoms with Crippen molar-refractivity contribution in [2.45, 2.75) is 18.9 Å². The molecule has 1 aliphatic carbocycles. The molecule has 1 saturated carbocycles. The van der Waals surface area contributed by atoms with Crippen LogP contribution in [0.2, 0.25) is 0 Å². The number of hydrogen-bond acceptors (Lipinski definition) is 3. The molecule has 3 atom stereocenters. The van der Waals surface area contributed by atoms with Gasteiger partial charge in [-0.2, -0.15) is 0 Å². The molecule has 3 nitrogen and oxygen atoms in total. The highest BCUT2D eigenvalue weighted by atomic mass is 16.3. The summed E-state index contributed by atoms with van der Waals surface area (Å²) in [6.07, 6.45) is 5.79. The standard InChI is InChI=1S/C12H16N2O/c15-12-2-1-9-7-14(8-11(9)12)10-3-5-13-6-4-10/h3-6,9,11-12,15H,1-2,7-8H2. The van der Waals surface area contributed by atoms with Crippen molar-refractivity contribution in [3.05, 3.63) is 24.5 Å². The molecule has 3 heteroatoms. The second-order valence-electron chi connectivity index (χ2n) is 4.68. The number of aromatic nitrogens is 1. The van der Waals surface area contributed by atoms with Gasteiger partial charge in [0.25, 0.3) is 0 Å². The Bertz CT molecular complexity index is 341. The molecule has 2 aliphatic rings. The average Bonchev–Trinajstić information content (AvgIpc) is 2.83. The fraction of sp³-hybridized carbons (Fsp3) is 0.583. The highest BCUT2D eigenvalue weighted by Gasteiger charge is 2.41. The maximum Gasteiger partial charge on any atom is 0.0588 e. The first-order valence-electron chi connectivity index (χ1n) is 5.67. The lowest BCUT2D eigenvalue weighted by Gasteiger charge is -2.20. The lowest BCUT2D eigenvalue weighted by Crippen LogP contribution is -2.24. The Balaban J connectivity index is 1.77. The van der Waals surface area contributed by atoms with Crippen LogP contribution in [0.4, 0.5) is 5.69 Å². The second kappa shape index (κ2) is 3.49. The van der Waals surface area contributed by atoms with Gasteiger partial charge >= 0.3 is 0 Å². The van der Waals surface area contributed by atoms with Crippen LogP contribution in [0.1, 0.15) is 12.8 Å². The number of hydrogen-bond donors (Lipinski definition) is 1. The lowest BCUT2D eigenvalue weighted by atomic mass is 10.00. The first-order chi connectivity index (χ1) is 7.34. The smallest absolute Gasteiger partial charge is 0.0588 e. The van der Waals surface area contributed by atoms with E-state index in [-0.39, 0.29) is 6.10 Å². The van der Waals surface area contributed by atoms with Crippen LogP contribution < -0.4 is 4.90 Å². The summed E-state index contributed by atoms with van der Waals surface area (Å²) >= 11 is 0. The van der Waals surface area contributed by atoms with Crippen molar-refractivity contribution in [3.63, 3.8) is 0 Å². The van der Waals surface area contributed by atoms with E-state index < -0.39 is 0 Å². The van der Waals surface area contributed by atoms with Gasteiger partial charge in [0.05, 0.1) is 6.10 Å². The summed E-state index contributed by atoms with van der Waals surface area (Å²) in [5.74, 6) is 1.20. The molecule has 3 rings (SSSR count). The van der Waals surface area contributed by atoms with Gasteiger partial charge in [-0.15, -0.1) is 0 Å². The topological polar surface area (TPSA) is 36.4 Å². The van der Waals surface area contributed by atoms with Gasteiger partial charge in [-0.05, 0) is 30.9 Å². The number of fused-ring (bicyclic) bond motifs is 1. The minimum atomic E-state index is -0.0677. The van der Waals surface area contributed by atoms with E-state index in [2.05, 4.69) is 9.88 Å². The molecule has 0 radical (unpaired) electrons. The molecule has 0 amide bonds. The quantitative estimate of drug-likeness (QED) is 0.749. The molecule has 1 aliphatic heterocycles. The monoisotopic (exact) mass is 204 g/mol. The molecular formula is C12H16N2O. The van der Waals surface area contributed by atoms with E-state index in [1.807, 2.05) is 24.5 Å². The zero-order chi connectivity index (χ0) is 10.3. The maximum atomic E-state index is 9.83. The van der Waals surface area contributed by atoms with E-state index in [1.54, 1.807) is 0 Å². The molecule has 1 N–H and O–H groups in total. The first-order valence-corrected chi connectivity index (χ1v) is 5.67. The largest absolute Gasteiger partial charge is 0.393 e. The van der Waals surface area contributed by atoms with Crippen molar-refractivity contribution >= 4 is 5.69 Å². The van der Waals surface area contributed by atoms with Crippen molar-refractivity contribution in [1.82, 2.24) is 4.98 Å². The van der Waals surface area contributed by atoms with Gasteiger partial charge in [-0.1, -0.05) is 0 Å². The van der Waals surface area contributed by atoms with E-state index in [0.717, 1.165) is 19.5 Å². The van der Waals surface area contributed by atoms with Crippen LogP contribution in [0.5, 0.6) is 0 Å². The minimum absolute atomic E-state index is 0.0677. The Kier molecular flexibility index (Phi) is 2.13. The Hall–Kier alpha value is -1.09. The summed E-state index contributed by atoms with van der Waals surface area (Å²) in [7, 11) is 0. The van der Waals surface area contributed by atoms with Crippen molar-refractivity contribution in [2.24, 2.45) is 11.8 Å². The molecule has 1 aromatic heterocycles. The zero-order valence-corrected chi connectivity index (χ0v) is 8.71. The van der Waals surface area contributed by atoms with Crippen LogP contribution >= 0.6 is 0 Å². The van der Waals surface area contributed by atoms with E-state index in [1.165, 1.54) is 12.1 Å². The van der Waals surface area contributed by atoms with Crippen LogP contribution in [0.25, 0.3) is 0 Å². The molecule has 3 unspecified atom stereocenters. The molecule has 15 heavy (non-hydrogen) atoms. The predicted molar refractivity (Wildman–Crippen MR) is 58.7 cm³/mol. The number of aliphatic hydroxyl groups excluding tert-OH is 1. The van der Waals surface area contributed by atoms with Crippen LogP contribution in [-0.4, -0.2) is 29.3 Å². The fourth-order valence-corrected chi connectivity index (χ4v) is 3.00. The van der Waals surface area contributed by atoms with Crippen LogP contribution in [-0.2, 0) is 0 Å². The van der Waals surface area contributed by atoms with Crippen LogP contribution in [0.15, 0.2) is 24.5 Å². The van der Waals surface area contributed by atoms with Crippen molar-refractivity contribution in [3.8, 4) is 0 Å². The molecule has 0 bridgehead atoms. The predicted octanol–water partition coefficient (Wildman–Crippen LogP) is 1.29. The Morgan fingerprint density at radius 2 is 2.00 bits per heavy atom. The number of rotatable bonds is 1. The highest BCUT2D eigenvalue weighted by molar-refractivity contribution is 5.46. The molecule has 2 fully saturated rings. The van der Waals surface area contributed by atoms with Gasteiger partial charge in [0.15, 0.2) is 0 Å². The van der Waals surface area contributed by atoms with E-state index >= 15 is 0 Å². The van der Waals surface area contributed by atoms with Gasteiger partial charge in [0.1, 0.15) is 0 Å². The second-order valence-corrected chi connectivity index (χ2v) is 4.68. The van der Waals surface area contributed by atoms with Gasteiger partial charge < -0.3 is 10.0 Å². The third kappa shape index (κ3) is 1.51. The first kappa shape index (κ1) is 9.16. The van der Waals surface area contributed by atoms with Gasteiger partial charge in [-0.3, -0.25) is 4.98 Å². The minimum Gasteiger partial charge on any atom is -0.393 e. The normalized spacial score (nSPS) is 34.5. The summed E-state index contributed by atoms with van der Waals surface area (Å²) in [4.78, 5) is 6.40. The Labute approximate surface area is 89.7 Å². The number of anilines is 1.